The molecular weight excluding hydrogens is 379 g/mol. The Labute approximate surface area is 147 Å². The SMILES string of the molecule is C[C@@H](OC(=O)c1cc(Br)ccc1N)C(=O)NCc1ccc(F)cc1. The largest absolute Gasteiger partial charge is 0.449 e. The molecule has 5 nitrogen and oxygen atoms in total. The van der Waals surface area contributed by atoms with Gasteiger partial charge in [-0.1, -0.05) is 28.1 Å². The van der Waals surface area contributed by atoms with Crippen LogP contribution in [-0.2, 0) is 16.1 Å². The van der Waals surface area contributed by atoms with Crippen LogP contribution in [0.1, 0.15) is 22.8 Å². The van der Waals surface area contributed by atoms with Crippen molar-refractivity contribution in [2.45, 2.75) is 19.6 Å². The quantitative estimate of drug-likeness (QED) is 0.603. The summed E-state index contributed by atoms with van der Waals surface area (Å²) in [7, 11) is 0. The van der Waals surface area contributed by atoms with E-state index in [0.29, 0.717) is 4.47 Å². The topological polar surface area (TPSA) is 81.4 Å². The standard InChI is InChI=1S/C17H16BrFN2O3/c1-10(16(22)21-9-11-2-5-13(19)6-3-11)24-17(23)14-8-12(18)4-7-15(14)20/h2-8,10H,9,20H2,1H3,(H,21,22)/t10-/m1/s1. The number of esters is 1. The molecule has 24 heavy (non-hydrogen) atoms. The maximum Gasteiger partial charge on any atom is 0.341 e. The van der Waals surface area contributed by atoms with E-state index in [9.17, 15) is 14.0 Å². The predicted molar refractivity (Wildman–Crippen MR) is 91.7 cm³/mol. The van der Waals surface area contributed by atoms with Gasteiger partial charge in [0.05, 0.1) is 5.56 Å². The van der Waals surface area contributed by atoms with Crippen molar-refractivity contribution in [2.24, 2.45) is 0 Å². The molecule has 126 valence electrons. The summed E-state index contributed by atoms with van der Waals surface area (Å²) in [6.45, 7) is 1.67. The lowest BCUT2D eigenvalue weighted by atomic mass is 10.2. The van der Waals surface area contributed by atoms with Crippen molar-refractivity contribution in [3.8, 4) is 0 Å². The number of amides is 1. The number of anilines is 1. The molecule has 0 radical (unpaired) electrons. The second-order valence-corrected chi connectivity index (χ2v) is 6.04. The molecule has 0 aliphatic carbocycles. The number of ether oxygens (including phenoxy) is 1. The molecule has 0 heterocycles. The number of rotatable bonds is 5. The van der Waals surface area contributed by atoms with Gasteiger partial charge in [0.15, 0.2) is 6.10 Å². The Morgan fingerprint density at radius 3 is 2.58 bits per heavy atom. The summed E-state index contributed by atoms with van der Waals surface area (Å²) >= 11 is 3.25. The number of carbonyl (C=O) groups excluding carboxylic acids is 2. The average Bonchev–Trinajstić information content (AvgIpc) is 2.56. The Morgan fingerprint density at radius 2 is 1.92 bits per heavy atom. The summed E-state index contributed by atoms with van der Waals surface area (Å²) < 4.78 is 18.6. The van der Waals surface area contributed by atoms with Gasteiger partial charge in [0.25, 0.3) is 5.91 Å². The maximum absolute atomic E-state index is 12.8. The van der Waals surface area contributed by atoms with Crippen molar-refractivity contribution in [1.29, 1.82) is 0 Å². The molecule has 0 unspecified atom stereocenters. The highest BCUT2D eigenvalue weighted by atomic mass is 79.9. The molecule has 2 rings (SSSR count). The van der Waals surface area contributed by atoms with E-state index in [4.69, 9.17) is 10.5 Å². The van der Waals surface area contributed by atoms with E-state index >= 15 is 0 Å². The van der Waals surface area contributed by atoms with Crippen LogP contribution in [0.25, 0.3) is 0 Å². The minimum Gasteiger partial charge on any atom is -0.449 e. The predicted octanol–water partition coefficient (Wildman–Crippen LogP) is 3.03. The van der Waals surface area contributed by atoms with Crippen LogP contribution in [0.5, 0.6) is 0 Å². The molecular formula is C17H16BrFN2O3. The van der Waals surface area contributed by atoms with Crippen LogP contribution in [0.15, 0.2) is 46.9 Å². The van der Waals surface area contributed by atoms with Gasteiger partial charge in [-0.05, 0) is 42.8 Å². The van der Waals surface area contributed by atoms with Gasteiger partial charge in [-0.3, -0.25) is 4.79 Å². The molecule has 7 heteroatoms. The van der Waals surface area contributed by atoms with Crippen molar-refractivity contribution >= 4 is 33.5 Å². The third-order valence-electron chi connectivity index (χ3n) is 3.27. The van der Waals surface area contributed by atoms with E-state index in [1.54, 1.807) is 24.3 Å². The zero-order chi connectivity index (χ0) is 17.7. The fourth-order valence-corrected chi connectivity index (χ4v) is 2.28. The van der Waals surface area contributed by atoms with Crippen LogP contribution in [0, 0.1) is 5.82 Å². The van der Waals surface area contributed by atoms with Gasteiger partial charge in [0.2, 0.25) is 0 Å². The van der Waals surface area contributed by atoms with Crippen LogP contribution >= 0.6 is 15.9 Å². The molecule has 0 bridgehead atoms. The average molecular weight is 395 g/mol. The summed E-state index contributed by atoms with van der Waals surface area (Å²) in [6.07, 6.45) is -0.990. The molecule has 0 saturated carbocycles. The number of carbonyl (C=O) groups is 2. The highest BCUT2D eigenvalue weighted by molar-refractivity contribution is 9.10. The zero-order valence-electron chi connectivity index (χ0n) is 12.9. The molecule has 0 aliphatic rings. The number of nitrogens with one attached hydrogen (secondary N) is 1. The second kappa shape index (κ2) is 7.92. The lowest BCUT2D eigenvalue weighted by Crippen LogP contribution is -2.35. The highest BCUT2D eigenvalue weighted by Crippen LogP contribution is 2.19. The molecule has 2 aromatic carbocycles. The van der Waals surface area contributed by atoms with Crippen molar-refractivity contribution < 1.29 is 18.7 Å². The van der Waals surface area contributed by atoms with E-state index in [-0.39, 0.29) is 23.6 Å². The fraction of sp³-hybridized carbons (Fsp3) is 0.176. The van der Waals surface area contributed by atoms with Gasteiger partial charge in [-0.25, -0.2) is 9.18 Å². The minimum absolute atomic E-state index is 0.183. The normalized spacial score (nSPS) is 11.6. The van der Waals surface area contributed by atoms with Crippen molar-refractivity contribution in [2.75, 3.05) is 5.73 Å². The number of nitrogens with two attached hydrogens (primary N) is 1. The maximum atomic E-state index is 12.8. The second-order valence-electron chi connectivity index (χ2n) is 5.12. The molecule has 0 aromatic heterocycles. The monoisotopic (exact) mass is 394 g/mol. The van der Waals surface area contributed by atoms with Crippen LogP contribution in [0.2, 0.25) is 0 Å². The lowest BCUT2D eigenvalue weighted by molar-refractivity contribution is -0.129. The van der Waals surface area contributed by atoms with Gasteiger partial charge < -0.3 is 15.8 Å². The van der Waals surface area contributed by atoms with Crippen LogP contribution in [0.4, 0.5) is 10.1 Å². The van der Waals surface area contributed by atoms with Gasteiger partial charge in [0.1, 0.15) is 5.82 Å². The van der Waals surface area contributed by atoms with Crippen molar-refractivity contribution in [3.05, 3.63) is 63.9 Å². The van der Waals surface area contributed by atoms with E-state index in [2.05, 4.69) is 21.2 Å². The zero-order valence-corrected chi connectivity index (χ0v) is 14.5. The van der Waals surface area contributed by atoms with Gasteiger partial charge in [-0.2, -0.15) is 0 Å². The summed E-state index contributed by atoms with van der Waals surface area (Å²) in [4.78, 5) is 24.1. The van der Waals surface area contributed by atoms with E-state index < -0.39 is 18.0 Å². The van der Waals surface area contributed by atoms with Crippen LogP contribution in [0.3, 0.4) is 0 Å². The van der Waals surface area contributed by atoms with E-state index in [0.717, 1.165) is 5.56 Å². The summed E-state index contributed by atoms with van der Waals surface area (Å²) in [5.41, 5.74) is 6.92. The smallest absolute Gasteiger partial charge is 0.341 e. The fourth-order valence-electron chi connectivity index (χ4n) is 1.92. The lowest BCUT2D eigenvalue weighted by Gasteiger charge is -2.14. The Balaban J connectivity index is 1.92. The number of benzene rings is 2. The third kappa shape index (κ3) is 4.79. The first-order chi connectivity index (χ1) is 11.4. The van der Waals surface area contributed by atoms with Gasteiger partial charge in [0, 0.05) is 16.7 Å². The molecule has 3 N–H and O–H groups in total. The van der Waals surface area contributed by atoms with Gasteiger partial charge >= 0.3 is 5.97 Å². The summed E-state index contributed by atoms with van der Waals surface area (Å²) in [6, 6.07) is 10.5. The minimum atomic E-state index is -0.990. The number of hydrogen-bond acceptors (Lipinski definition) is 4. The first-order valence-electron chi connectivity index (χ1n) is 7.15. The Morgan fingerprint density at radius 1 is 1.25 bits per heavy atom. The first kappa shape index (κ1) is 17.9. The molecule has 0 fully saturated rings. The Kier molecular flexibility index (Phi) is 5.92. The molecule has 1 amide bonds. The van der Waals surface area contributed by atoms with Crippen LogP contribution in [-0.4, -0.2) is 18.0 Å². The Hall–Kier alpha value is -2.41. The molecule has 2 aromatic rings. The van der Waals surface area contributed by atoms with Crippen LogP contribution < -0.4 is 11.1 Å². The van der Waals surface area contributed by atoms with Crippen molar-refractivity contribution in [1.82, 2.24) is 5.32 Å². The molecule has 0 spiro atoms. The Bertz CT molecular complexity index is 750. The number of hydrogen-bond donors (Lipinski definition) is 2. The van der Waals surface area contributed by atoms with Gasteiger partial charge in [-0.15, -0.1) is 0 Å². The van der Waals surface area contributed by atoms with Crippen molar-refractivity contribution in [3.63, 3.8) is 0 Å². The molecule has 1 atom stereocenters. The third-order valence-corrected chi connectivity index (χ3v) is 3.76. The van der Waals surface area contributed by atoms with E-state index in [1.807, 2.05) is 0 Å². The summed E-state index contributed by atoms with van der Waals surface area (Å²) in [5.74, 6) is -1.49. The highest BCUT2D eigenvalue weighted by Gasteiger charge is 2.20. The number of halogens is 2. The first-order valence-corrected chi connectivity index (χ1v) is 7.94. The molecule has 0 aliphatic heterocycles. The number of nitrogen functional groups attached to an aromatic ring is 1. The van der Waals surface area contributed by atoms with E-state index in [1.165, 1.54) is 25.1 Å². The summed E-state index contributed by atoms with van der Waals surface area (Å²) in [5, 5.41) is 2.62. The molecule has 0 saturated heterocycles.